The highest BCUT2D eigenvalue weighted by atomic mass is 16.1. The molecule has 5 nitrogen and oxygen atoms in total. The number of aryl methyl sites for hydroxylation is 3. The topological polar surface area (TPSA) is 59.8 Å². The molecule has 2 rings (SSSR count). The minimum atomic E-state index is -0.209. The molecule has 0 bridgehead atoms. The third-order valence-electron chi connectivity index (χ3n) is 2.50. The van der Waals surface area contributed by atoms with Crippen molar-refractivity contribution in [3.05, 3.63) is 41.5 Å². The Labute approximate surface area is 99.5 Å². The lowest BCUT2D eigenvalue weighted by Crippen LogP contribution is -2.13. The lowest BCUT2D eigenvalue weighted by molar-refractivity contribution is 0.102. The van der Waals surface area contributed by atoms with Crippen LogP contribution in [-0.4, -0.2) is 20.7 Å². The van der Waals surface area contributed by atoms with Gasteiger partial charge in [-0.2, -0.15) is 5.10 Å². The predicted molar refractivity (Wildman–Crippen MR) is 64.9 cm³/mol. The van der Waals surface area contributed by atoms with Gasteiger partial charge in [-0.3, -0.25) is 14.5 Å². The van der Waals surface area contributed by atoms with Gasteiger partial charge in [0.1, 0.15) is 0 Å². The van der Waals surface area contributed by atoms with Crippen LogP contribution in [0.2, 0.25) is 0 Å². The molecule has 1 amide bonds. The SMILES string of the molecule is Cc1cc(NC(=O)c2cc(C)n(C)n2)ccn1. The second-order valence-electron chi connectivity index (χ2n) is 3.93. The quantitative estimate of drug-likeness (QED) is 0.854. The Morgan fingerprint density at radius 3 is 2.71 bits per heavy atom. The van der Waals surface area contributed by atoms with E-state index in [0.717, 1.165) is 17.1 Å². The maximum Gasteiger partial charge on any atom is 0.276 e. The van der Waals surface area contributed by atoms with Crippen molar-refractivity contribution in [3.63, 3.8) is 0 Å². The number of carbonyl (C=O) groups is 1. The Morgan fingerprint density at radius 1 is 1.35 bits per heavy atom. The largest absolute Gasteiger partial charge is 0.320 e. The zero-order valence-corrected chi connectivity index (χ0v) is 10.1. The summed E-state index contributed by atoms with van der Waals surface area (Å²) in [5.74, 6) is -0.209. The molecule has 88 valence electrons. The Hall–Kier alpha value is -2.17. The first-order valence-corrected chi connectivity index (χ1v) is 5.31. The summed E-state index contributed by atoms with van der Waals surface area (Å²) in [5.41, 5.74) is 2.95. The predicted octanol–water partition coefficient (Wildman–Crippen LogP) is 1.68. The van der Waals surface area contributed by atoms with Crippen molar-refractivity contribution in [2.75, 3.05) is 5.32 Å². The minimum Gasteiger partial charge on any atom is -0.320 e. The Morgan fingerprint density at radius 2 is 2.12 bits per heavy atom. The van der Waals surface area contributed by atoms with Crippen LogP contribution in [0, 0.1) is 13.8 Å². The van der Waals surface area contributed by atoms with Crippen LogP contribution < -0.4 is 5.32 Å². The Bertz CT molecular complexity index is 540. The van der Waals surface area contributed by atoms with Gasteiger partial charge in [0.2, 0.25) is 0 Å². The van der Waals surface area contributed by atoms with Gasteiger partial charge in [-0.25, -0.2) is 0 Å². The van der Waals surface area contributed by atoms with Gasteiger partial charge < -0.3 is 5.32 Å². The maximum atomic E-state index is 11.9. The summed E-state index contributed by atoms with van der Waals surface area (Å²) in [6.45, 7) is 3.78. The van der Waals surface area contributed by atoms with Crippen LogP contribution in [0.25, 0.3) is 0 Å². The van der Waals surface area contributed by atoms with Gasteiger partial charge in [0.15, 0.2) is 5.69 Å². The van der Waals surface area contributed by atoms with E-state index in [0.29, 0.717) is 5.69 Å². The number of amides is 1. The summed E-state index contributed by atoms with van der Waals surface area (Å²) in [6, 6.07) is 5.32. The summed E-state index contributed by atoms with van der Waals surface area (Å²) in [5, 5.41) is 6.90. The van der Waals surface area contributed by atoms with Crippen LogP contribution in [0.4, 0.5) is 5.69 Å². The molecule has 0 atom stereocenters. The number of hydrogen-bond donors (Lipinski definition) is 1. The number of nitrogens with zero attached hydrogens (tertiary/aromatic N) is 3. The zero-order chi connectivity index (χ0) is 12.4. The second kappa shape index (κ2) is 4.37. The van der Waals surface area contributed by atoms with Gasteiger partial charge in [-0.15, -0.1) is 0 Å². The number of hydrogen-bond acceptors (Lipinski definition) is 3. The van der Waals surface area contributed by atoms with Gasteiger partial charge in [0.25, 0.3) is 5.91 Å². The molecule has 2 aromatic heterocycles. The molecule has 0 fully saturated rings. The number of anilines is 1. The van der Waals surface area contributed by atoms with Crippen LogP contribution in [0.5, 0.6) is 0 Å². The van der Waals surface area contributed by atoms with Crippen molar-refractivity contribution in [2.45, 2.75) is 13.8 Å². The average molecular weight is 230 g/mol. The first-order valence-electron chi connectivity index (χ1n) is 5.31. The van der Waals surface area contributed by atoms with Crippen LogP contribution in [0.15, 0.2) is 24.4 Å². The van der Waals surface area contributed by atoms with Crippen LogP contribution in [0.3, 0.4) is 0 Å². The van der Waals surface area contributed by atoms with Crippen LogP contribution in [0.1, 0.15) is 21.9 Å². The van der Waals surface area contributed by atoms with Crippen molar-refractivity contribution in [2.24, 2.45) is 7.05 Å². The summed E-state index contributed by atoms with van der Waals surface area (Å²) in [4.78, 5) is 16.0. The highest BCUT2D eigenvalue weighted by molar-refractivity contribution is 6.02. The highest BCUT2D eigenvalue weighted by Gasteiger charge is 2.11. The molecular formula is C12H14N4O. The summed E-state index contributed by atoms with van der Waals surface area (Å²) in [6.07, 6.45) is 1.66. The molecule has 2 aromatic rings. The molecule has 0 aliphatic heterocycles. The summed E-state index contributed by atoms with van der Waals surface area (Å²) < 4.78 is 1.67. The van der Waals surface area contributed by atoms with E-state index < -0.39 is 0 Å². The van der Waals surface area contributed by atoms with E-state index in [1.165, 1.54) is 0 Å². The lowest BCUT2D eigenvalue weighted by Gasteiger charge is -2.03. The molecule has 0 saturated carbocycles. The number of pyridine rings is 1. The fraction of sp³-hybridized carbons (Fsp3) is 0.250. The normalized spacial score (nSPS) is 10.3. The van der Waals surface area contributed by atoms with Crippen molar-refractivity contribution in [3.8, 4) is 0 Å². The molecule has 0 aliphatic carbocycles. The van der Waals surface area contributed by atoms with Crippen LogP contribution in [-0.2, 0) is 7.05 Å². The molecule has 0 unspecified atom stereocenters. The van der Waals surface area contributed by atoms with E-state index in [-0.39, 0.29) is 5.91 Å². The Balaban J connectivity index is 2.17. The van der Waals surface area contributed by atoms with E-state index >= 15 is 0 Å². The average Bonchev–Trinajstić information content (AvgIpc) is 2.59. The molecule has 1 N–H and O–H groups in total. The van der Waals surface area contributed by atoms with Crippen molar-refractivity contribution < 1.29 is 4.79 Å². The summed E-state index contributed by atoms with van der Waals surface area (Å²) in [7, 11) is 1.81. The zero-order valence-electron chi connectivity index (χ0n) is 10.1. The molecule has 17 heavy (non-hydrogen) atoms. The fourth-order valence-electron chi connectivity index (χ4n) is 1.49. The van der Waals surface area contributed by atoms with E-state index in [9.17, 15) is 4.79 Å². The third-order valence-corrected chi connectivity index (χ3v) is 2.50. The molecule has 2 heterocycles. The minimum absolute atomic E-state index is 0.209. The molecule has 0 saturated heterocycles. The highest BCUT2D eigenvalue weighted by Crippen LogP contribution is 2.09. The lowest BCUT2D eigenvalue weighted by atomic mass is 10.3. The van der Waals surface area contributed by atoms with E-state index in [2.05, 4.69) is 15.4 Å². The van der Waals surface area contributed by atoms with E-state index in [1.54, 1.807) is 23.0 Å². The smallest absolute Gasteiger partial charge is 0.276 e. The number of aromatic nitrogens is 3. The fourth-order valence-corrected chi connectivity index (χ4v) is 1.49. The van der Waals surface area contributed by atoms with Crippen molar-refractivity contribution in [1.82, 2.24) is 14.8 Å². The standard InChI is InChI=1S/C12H14N4O/c1-8-6-10(4-5-13-8)14-12(17)11-7-9(2)16(3)15-11/h4-7H,1-3H3,(H,13,14,17). The number of rotatable bonds is 2. The molecular weight excluding hydrogens is 216 g/mol. The first kappa shape index (κ1) is 11.3. The molecule has 0 aromatic carbocycles. The van der Waals surface area contributed by atoms with Crippen molar-refractivity contribution in [1.29, 1.82) is 0 Å². The van der Waals surface area contributed by atoms with E-state index in [4.69, 9.17) is 0 Å². The van der Waals surface area contributed by atoms with Gasteiger partial charge >= 0.3 is 0 Å². The number of carbonyl (C=O) groups excluding carboxylic acids is 1. The monoisotopic (exact) mass is 230 g/mol. The van der Waals surface area contributed by atoms with E-state index in [1.807, 2.05) is 27.0 Å². The maximum absolute atomic E-state index is 11.9. The van der Waals surface area contributed by atoms with Gasteiger partial charge in [-0.1, -0.05) is 0 Å². The van der Waals surface area contributed by atoms with Gasteiger partial charge in [-0.05, 0) is 32.0 Å². The Kier molecular flexibility index (Phi) is 2.91. The molecule has 0 radical (unpaired) electrons. The first-order chi connectivity index (χ1) is 8.06. The molecule has 0 aliphatic rings. The third kappa shape index (κ3) is 2.50. The molecule has 0 spiro atoms. The second-order valence-corrected chi connectivity index (χ2v) is 3.93. The molecule has 5 heteroatoms. The van der Waals surface area contributed by atoms with Gasteiger partial charge in [0, 0.05) is 30.3 Å². The van der Waals surface area contributed by atoms with Gasteiger partial charge in [0.05, 0.1) is 0 Å². The summed E-state index contributed by atoms with van der Waals surface area (Å²) >= 11 is 0. The van der Waals surface area contributed by atoms with Crippen LogP contribution >= 0.6 is 0 Å². The van der Waals surface area contributed by atoms with Crippen molar-refractivity contribution >= 4 is 11.6 Å². The number of nitrogens with one attached hydrogen (secondary N) is 1.